The van der Waals surface area contributed by atoms with Crippen molar-refractivity contribution in [2.75, 3.05) is 0 Å². The number of benzene rings is 1. The Kier molecular flexibility index (Phi) is 3.88. The summed E-state index contributed by atoms with van der Waals surface area (Å²) >= 11 is 0. The summed E-state index contributed by atoms with van der Waals surface area (Å²) in [6, 6.07) is 13.2. The maximum Gasteiger partial charge on any atom is 0.227 e. The summed E-state index contributed by atoms with van der Waals surface area (Å²) in [5.41, 5.74) is 6.81. The predicted molar refractivity (Wildman–Crippen MR) is 80.4 cm³/mol. The van der Waals surface area contributed by atoms with Crippen molar-refractivity contribution in [3.05, 3.63) is 72.2 Å². The standard InChI is InChI=1S/C17H18N2O2/c18-14-9-8-13(11-14)17(20)19-16(15-7-4-10-21-15)12-5-2-1-3-6-12/h1-10,13-14,16H,11,18H2,(H,19,20). The lowest BCUT2D eigenvalue weighted by atomic mass is 10.0. The van der Waals surface area contributed by atoms with Crippen LogP contribution in [0, 0.1) is 5.92 Å². The van der Waals surface area contributed by atoms with Crippen LogP contribution in [0.3, 0.4) is 0 Å². The Labute approximate surface area is 123 Å². The molecule has 1 aliphatic rings. The van der Waals surface area contributed by atoms with Crippen LogP contribution in [0.15, 0.2) is 65.3 Å². The second-order valence-corrected chi connectivity index (χ2v) is 5.26. The molecule has 4 heteroatoms. The van der Waals surface area contributed by atoms with Gasteiger partial charge in [-0.3, -0.25) is 4.79 Å². The zero-order chi connectivity index (χ0) is 14.7. The highest BCUT2D eigenvalue weighted by Crippen LogP contribution is 2.24. The molecule has 0 bridgehead atoms. The van der Waals surface area contributed by atoms with Crippen molar-refractivity contribution in [3.63, 3.8) is 0 Å². The molecule has 0 aliphatic heterocycles. The van der Waals surface area contributed by atoms with E-state index in [4.69, 9.17) is 10.2 Å². The first-order valence-corrected chi connectivity index (χ1v) is 7.06. The van der Waals surface area contributed by atoms with Gasteiger partial charge in [0.25, 0.3) is 0 Å². The van der Waals surface area contributed by atoms with Crippen molar-refractivity contribution in [1.82, 2.24) is 5.32 Å². The number of hydrogen-bond donors (Lipinski definition) is 2. The van der Waals surface area contributed by atoms with Crippen LogP contribution >= 0.6 is 0 Å². The van der Waals surface area contributed by atoms with E-state index >= 15 is 0 Å². The highest BCUT2D eigenvalue weighted by atomic mass is 16.3. The van der Waals surface area contributed by atoms with Crippen LogP contribution in [0.25, 0.3) is 0 Å². The van der Waals surface area contributed by atoms with Gasteiger partial charge in [-0.2, -0.15) is 0 Å². The molecule has 1 heterocycles. The third-order valence-corrected chi connectivity index (χ3v) is 3.70. The summed E-state index contributed by atoms with van der Waals surface area (Å²) in [6.07, 6.45) is 6.03. The lowest BCUT2D eigenvalue weighted by Gasteiger charge is -2.19. The molecule has 21 heavy (non-hydrogen) atoms. The number of carbonyl (C=O) groups is 1. The number of furan rings is 1. The minimum Gasteiger partial charge on any atom is -0.467 e. The van der Waals surface area contributed by atoms with Crippen LogP contribution in [-0.4, -0.2) is 11.9 Å². The molecule has 1 aliphatic carbocycles. The Balaban J connectivity index is 1.80. The molecule has 1 amide bonds. The highest BCUT2D eigenvalue weighted by Gasteiger charge is 2.26. The molecular formula is C17H18N2O2. The zero-order valence-electron chi connectivity index (χ0n) is 11.6. The van der Waals surface area contributed by atoms with Crippen molar-refractivity contribution in [1.29, 1.82) is 0 Å². The molecule has 4 nitrogen and oxygen atoms in total. The van der Waals surface area contributed by atoms with Gasteiger partial charge in [0.15, 0.2) is 0 Å². The number of nitrogens with one attached hydrogen (secondary N) is 1. The molecule has 3 unspecified atom stereocenters. The van der Waals surface area contributed by atoms with Crippen molar-refractivity contribution < 1.29 is 9.21 Å². The molecule has 0 fully saturated rings. The quantitative estimate of drug-likeness (QED) is 0.846. The van der Waals surface area contributed by atoms with Gasteiger partial charge in [-0.25, -0.2) is 0 Å². The van der Waals surface area contributed by atoms with E-state index in [2.05, 4.69) is 5.32 Å². The highest BCUT2D eigenvalue weighted by molar-refractivity contribution is 5.81. The Morgan fingerprint density at radius 3 is 2.62 bits per heavy atom. The smallest absolute Gasteiger partial charge is 0.227 e. The van der Waals surface area contributed by atoms with E-state index in [9.17, 15) is 4.79 Å². The maximum atomic E-state index is 12.4. The molecule has 1 aromatic carbocycles. The summed E-state index contributed by atoms with van der Waals surface area (Å²) in [5, 5.41) is 3.06. The molecule has 3 N–H and O–H groups in total. The van der Waals surface area contributed by atoms with Crippen molar-refractivity contribution in [3.8, 4) is 0 Å². The van der Waals surface area contributed by atoms with E-state index in [-0.39, 0.29) is 23.9 Å². The SMILES string of the molecule is NC1C=CC(C(=O)NC(c2ccccc2)c2ccco2)C1. The van der Waals surface area contributed by atoms with E-state index in [0.29, 0.717) is 6.42 Å². The van der Waals surface area contributed by atoms with E-state index in [0.717, 1.165) is 11.3 Å². The number of carbonyl (C=O) groups excluding carboxylic acids is 1. The Bertz CT molecular complexity index is 620. The molecular weight excluding hydrogens is 264 g/mol. The molecule has 2 aromatic rings. The molecule has 108 valence electrons. The molecule has 1 aromatic heterocycles. The summed E-state index contributed by atoms with van der Waals surface area (Å²) in [6.45, 7) is 0. The summed E-state index contributed by atoms with van der Waals surface area (Å²) in [5.74, 6) is 0.534. The first-order chi connectivity index (χ1) is 10.2. The first-order valence-electron chi connectivity index (χ1n) is 7.06. The number of rotatable bonds is 4. The van der Waals surface area contributed by atoms with Crippen LogP contribution in [0.4, 0.5) is 0 Å². The van der Waals surface area contributed by atoms with Crippen molar-refractivity contribution in [2.45, 2.75) is 18.5 Å². The monoisotopic (exact) mass is 282 g/mol. The second-order valence-electron chi connectivity index (χ2n) is 5.26. The molecule has 3 atom stereocenters. The first kappa shape index (κ1) is 13.6. The van der Waals surface area contributed by atoms with Gasteiger partial charge < -0.3 is 15.5 Å². The zero-order valence-corrected chi connectivity index (χ0v) is 11.6. The van der Waals surface area contributed by atoms with E-state index in [1.165, 1.54) is 0 Å². The normalized spacial score (nSPS) is 22.1. The fourth-order valence-corrected chi connectivity index (χ4v) is 2.59. The van der Waals surface area contributed by atoms with Gasteiger partial charge in [0, 0.05) is 6.04 Å². The second kappa shape index (κ2) is 5.97. The van der Waals surface area contributed by atoms with Gasteiger partial charge in [0.1, 0.15) is 11.8 Å². The topological polar surface area (TPSA) is 68.3 Å². The van der Waals surface area contributed by atoms with E-state index in [1.54, 1.807) is 6.26 Å². The lowest BCUT2D eigenvalue weighted by Crippen LogP contribution is -2.34. The van der Waals surface area contributed by atoms with Gasteiger partial charge in [0.2, 0.25) is 5.91 Å². The van der Waals surface area contributed by atoms with Gasteiger partial charge in [-0.05, 0) is 24.1 Å². The lowest BCUT2D eigenvalue weighted by molar-refractivity contribution is -0.124. The van der Waals surface area contributed by atoms with Crippen LogP contribution in [0.2, 0.25) is 0 Å². The average Bonchev–Trinajstić information content (AvgIpc) is 3.17. The van der Waals surface area contributed by atoms with Crippen molar-refractivity contribution in [2.24, 2.45) is 11.7 Å². The fraction of sp³-hybridized carbons (Fsp3) is 0.235. The van der Waals surface area contributed by atoms with Gasteiger partial charge in [0.05, 0.1) is 12.2 Å². The van der Waals surface area contributed by atoms with E-state index in [1.807, 2.05) is 54.6 Å². The Morgan fingerprint density at radius 1 is 1.19 bits per heavy atom. The third-order valence-electron chi connectivity index (χ3n) is 3.70. The number of hydrogen-bond acceptors (Lipinski definition) is 3. The molecule has 0 saturated carbocycles. The van der Waals surface area contributed by atoms with Gasteiger partial charge >= 0.3 is 0 Å². The summed E-state index contributed by atoms with van der Waals surface area (Å²) in [4.78, 5) is 12.4. The summed E-state index contributed by atoms with van der Waals surface area (Å²) < 4.78 is 5.48. The van der Waals surface area contributed by atoms with Crippen LogP contribution in [0.1, 0.15) is 23.8 Å². The minimum absolute atomic E-state index is 0.0237. The third kappa shape index (κ3) is 3.06. The van der Waals surface area contributed by atoms with Gasteiger partial charge in [-0.1, -0.05) is 42.5 Å². The van der Waals surface area contributed by atoms with Gasteiger partial charge in [-0.15, -0.1) is 0 Å². The largest absolute Gasteiger partial charge is 0.467 e. The maximum absolute atomic E-state index is 12.4. The molecule has 0 radical (unpaired) electrons. The number of nitrogens with two attached hydrogens (primary N) is 1. The average molecular weight is 282 g/mol. The molecule has 0 saturated heterocycles. The fourth-order valence-electron chi connectivity index (χ4n) is 2.59. The molecule has 3 rings (SSSR count). The Hall–Kier alpha value is -2.33. The predicted octanol–water partition coefficient (Wildman–Crippen LogP) is 2.39. The van der Waals surface area contributed by atoms with Crippen LogP contribution in [0.5, 0.6) is 0 Å². The van der Waals surface area contributed by atoms with Crippen molar-refractivity contribution >= 4 is 5.91 Å². The molecule has 0 spiro atoms. The van der Waals surface area contributed by atoms with Crippen LogP contribution in [-0.2, 0) is 4.79 Å². The Morgan fingerprint density at radius 2 is 2.00 bits per heavy atom. The van der Waals surface area contributed by atoms with E-state index < -0.39 is 0 Å². The summed E-state index contributed by atoms with van der Waals surface area (Å²) in [7, 11) is 0. The minimum atomic E-state index is -0.279. The number of amides is 1. The van der Waals surface area contributed by atoms with Crippen LogP contribution < -0.4 is 11.1 Å².